The predicted molar refractivity (Wildman–Crippen MR) is 110 cm³/mol. The van der Waals surface area contributed by atoms with Crippen LogP contribution in [0.15, 0.2) is 67.0 Å². The van der Waals surface area contributed by atoms with E-state index in [4.69, 9.17) is 12.2 Å². The van der Waals surface area contributed by atoms with Crippen molar-refractivity contribution in [3.8, 4) is 5.69 Å². The van der Waals surface area contributed by atoms with Gasteiger partial charge in [0.1, 0.15) is 5.82 Å². The fraction of sp³-hybridized carbons (Fsp3) is 0.238. The van der Waals surface area contributed by atoms with Crippen molar-refractivity contribution in [3.63, 3.8) is 0 Å². The Kier molecular flexibility index (Phi) is 5.36. The highest BCUT2D eigenvalue weighted by Crippen LogP contribution is 2.39. The Hall–Kier alpha value is -2.77. The molecule has 3 aromatic rings. The molecule has 4 rings (SSSR count). The zero-order valence-corrected chi connectivity index (χ0v) is 16.0. The van der Waals surface area contributed by atoms with Gasteiger partial charge in [-0.15, -0.1) is 0 Å². The van der Waals surface area contributed by atoms with E-state index in [9.17, 15) is 9.50 Å². The van der Waals surface area contributed by atoms with Crippen LogP contribution in [-0.2, 0) is 0 Å². The molecule has 0 saturated carbocycles. The molecule has 144 valence electrons. The second-order valence-electron chi connectivity index (χ2n) is 6.65. The number of para-hydroxylation sites is 1. The van der Waals surface area contributed by atoms with Crippen molar-refractivity contribution in [1.82, 2.24) is 19.8 Å². The van der Waals surface area contributed by atoms with Gasteiger partial charge in [0.15, 0.2) is 5.11 Å². The van der Waals surface area contributed by atoms with Crippen LogP contribution < -0.4 is 5.32 Å². The molecular weight excluding hydrogens is 375 g/mol. The summed E-state index contributed by atoms with van der Waals surface area (Å²) in [5, 5.41) is 13.3. The molecule has 2 N–H and O–H groups in total. The van der Waals surface area contributed by atoms with E-state index in [1.54, 1.807) is 18.3 Å². The van der Waals surface area contributed by atoms with Crippen molar-refractivity contribution >= 4 is 17.3 Å². The van der Waals surface area contributed by atoms with Crippen LogP contribution in [-0.4, -0.2) is 37.8 Å². The summed E-state index contributed by atoms with van der Waals surface area (Å²) in [6, 6.07) is 16.0. The summed E-state index contributed by atoms with van der Waals surface area (Å²) >= 11 is 5.59. The summed E-state index contributed by atoms with van der Waals surface area (Å²) < 4.78 is 16.4. The molecule has 0 radical (unpaired) electrons. The number of pyridine rings is 1. The Bertz CT molecular complexity index is 962. The van der Waals surface area contributed by atoms with Crippen LogP contribution in [0.25, 0.3) is 5.69 Å². The molecular formula is C21H21FN4OS. The van der Waals surface area contributed by atoms with Gasteiger partial charge in [-0.2, -0.15) is 0 Å². The number of aliphatic hydroxyl groups is 1. The lowest BCUT2D eigenvalue weighted by molar-refractivity contribution is 0.244. The van der Waals surface area contributed by atoms with E-state index in [0.29, 0.717) is 23.8 Å². The number of thiocarbonyl (C=S) groups is 1. The van der Waals surface area contributed by atoms with Crippen molar-refractivity contribution < 1.29 is 9.50 Å². The first-order valence-corrected chi connectivity index (χ1v) is 9.62. The van der Waals surface area contributed by atoms with Crippen LogP contribution >= 0.6 is 12.2 Å². The smallest absolute Gasteiger partial charge is 0.170 e. The average molecular weight is 396 g/mol. The van der Waals surface area contributed by atoms with Gasteiger partial charge in [-0.25, -0.2) is 4.39 Å². The van der Waals surface area contributed by atoms with Gasteiger partial charge >= 0.3 is 0 Å². The second-order valence-corrected chi connectivity index (χ2v) is 7.04. The van der Waals surface area contributed by atoms with Crippen LogP contribution in [0.5, 0.6) is 0 Å². The molecule has 5 nitrogen and oxygen atoms in total. The Morgan fingerprint density at radius 3 is 2.68 bits per heavy atom. The highest BCUT2D eigenvalue weighted by atomic mass is 32.1. The minimum atomic E-state index is -0.287. The molecule has 3 heterocycles. The van der Waals surface area contributed by atoms with Crippen LogP contribution in [0.4, 0.5) is 4.39 Å². The monoisotopic (exact) mass is 396 g/mol. The quantitative estimate of drug-likeness (QED) is 0.626. The van der Waals surface area contributed by atoms with Crippen molar-refractivity contribution in [2.24, 2.45) is 0 Å². The van der Waals surface area contributed by atoms with Gasteiger partial charge in [0.25, 0.3) is 0 Å². The first-order valence-electron chi connectivity index (χ1n) is 9.22. The van der Waals surface area contributed by atoms with Gasteiger partial charge in [-0.1, -0.05) is 18.2 Å². The molecule has 7 heteroatoms. The number of aromatic nitrogens is 2. The third kappa shape index (κ3) is 3.39. The number of aliphatic hydroxyl groups excluding tert-OH is 1. The molecule has 1 saturated heterocycles. The minimum Gasteiger partial charge on any atom is -0.396 e. The van der Waals surface area contributed by atoms with Crippen molar-refractivity contribution in [1.29, 1.82) is 0 Å². The van der Waals surface area contributed by atoms with Gasteiger partial charge in [-0.05, 0) is 55.0 Å². The zero-order valence-electron chi connectivity index (χ0n) is 15.2. The SMILES string of the molecule is OCCCN1C(=S)N[C@H](c2ccccn2)[C@H]1c1cccn1-c1ccccc1F. The summed E-state index contributed by atoms with van der Waals surface area (Å²) in [7, 11) is 0. The van der Waals surface area contributed by atoms with E-state index < -0.39 is 0 Å². The summed E-state index contributed by atoms with van der Waals surface area (Å²) in [6.45, 7) is 0.674. The maximum atomic E-state index is 14.5. The maximum Gasteiger partial charge on any atom is 0.170 e. The summed E-state index contributed by atoms with van der Waals surface area (Å²) in [5.41, 5.74) is 2.26. The second kappa shape index (κ2) is 8.08. The lowest BCUT2D eigenvalue weighted by Gasteiger charge is -2.28. The van der Waals surface area contributed by atoms with Crippen LogP contribution in [0.2, 0.25) is 0 Å². The average Bonchev–Trinajstić information content (AvgIpc) is 3.31. The summed E-state index contributed by atoms with van der Waals surface area (Å²) in [4.78, 5) is 6.56. The molecule has 2 atom stereocenters. The van der Waals surface area contributed by atoms with Crippen molar-refractivity contribution in [2.45, 2.75) is 18.5 Å². The molecule has 2 aromatic heterocycles. The molecule has 0 unspecified atom stereocenters. The number of nitrogens with one attached hydrogen (secondary N) is 1. The zero-order chi connectivity index (χ0) is 19.5. The third-order valence-electron chi connectivity index (χ3n) is 4.95. The van der Waals surface area contributed by atoms with Crippen molar-refractivity contribution in [3.05, 3.63) is 84.2 Å². The first kappa shape index (κ1) is 18.6. The molecule has 28 heavy (non-hydrogen) atoms. The van der Waals surface area contributed by atoms with Gasteiger partial charge < -0.3 is 19.9 Å². The number of nitrogens with zero attached hydrogens (tertiary/aromatic N) is 3. The lowest BCUT2D eigenvalue weighted by atomic mass is 10.0. The molecule has 1 fully saturated rings. The maximum absolute atomic E-state index is 14.5. The number of hydrogen-bond acceptors (Lipinski definition) is 3. The third-order valence-corrected chi connectivity index (χ3v) is 5.30. The largest absolute Gasteiger partial charge is 0.396 e. The fourth-order valence-corrected chi connectivity index (χ4v) is 4.04. The number of hydrogen-bond donors (Lipinski definition) is 2. The molecule has 1 aliphatic rings. The van der Waals surface area contributed by atoms with Gasteiger partial charge in [0, 0.05) is 31.2 Å². The molecule has 0 spiro atoms. The van der Waals surface area contributed by atoms with Gasteiger partial charge in [-0.3, -0.25) is 4.98 Å². The normalized spacial score (nSPS) is 19.1. The highest BCUT2D eigenvalue weighted by Gasteiger charge is 2.41. The van der Waals surface area contributed by atoms with Crippen LogP contribution in [0.3, 0.4) is 0 Å². The van der Waals surface area contributed by atoms with E-state index in [1.807, 2.05) is 47.2 Å². The van der Waals surface area contributed by atoms with Crippen LogP contribution in [0, 0.1) is 5.82 Å². The number of rotatable bonds is 6. The number of benzene rings is 1. The van der Waals surface area contributed by atoms with E-state index in [2.05, 4.69) is 15.2 Å². The topological polar surface area (TPSA) is 53.3 Å². The predicted octanol–water partition coefficient (Wildman–Crippen LogP) is 3.37. The fourth-order valence-electron chi connectivity index (χ4n) is 3.71. The van der Waals surface area contributed by atoms with Gasteiger partial charge in [0.05, 0.1) is 23.5 Å². The Morgan fingerprint density at radius 1 is 1.11 bits per heavy atom. The highest BCUT2D eigenvalue weighted by molar-refractivity contribution is 7.80. The lowest BCUT2D eigenvalue weighted by Crippen LogP contribution is -2.31. The molecule has 0 bridgehead atoms. The Balaban J connectivity index is 1.81. The van der Waals surface area contributed by atoms with E-state index in [1.165, 1.54) is 6.07 Å². The standard InChI is InChI=1S/C21H21FN4OS/c22-15-7-1-2-9-17(15)25-12-5-10-18(25)20-19(16-8-3-4-11-23-16)24-21(28)26(20)13-6-14-27/h1-5,7-12,19-20,27H,6,13-14H2,(H,24,28)/t19-,20-/m1/s1. The van der Waals surface area contributed by atoms with E-state index in [-0.39, 0.29) is 24.5 Å². The molecule has 1 aromatic carbocycles. The number of halogens is 1. The van der Waals surface area contributed by atoms with Gasteiger partial charge in [0.2, 0.25) is 0 Å². The minimum absolute atomic E-state index is 0.0778. The van der Waals surface area contributed by atoms with E-state index in [0.717, 1.165) is 11.4 Å². The Labute approximate surface area is 168 Å². The van der Waals surface area contributed by atoms with Crippen LogP contribution in [0.1, 0.15) is 29.9 Å². The summed E-state index contributed by atoms with van der Waals surface area (Å²) in [5.74, 6) is -0.287. The molecule has 1 aliphatic heterocycles. The van der Waals surface area contributed by atoms with E-state index >= 15 is 0 Å². The summed E-state index contributed by atoms with van der Waals surface area (Å²) in [6.07, 6.45) is 4.20. The van der Waals surface area contributed by atoms with Crippen molar-refractivity contribution in [2.75, 3.05) is 13.2 Å². The Morgan fingerprint density at radius 2 is 1.93 bits per heavy atom. The first-order chi connectivity index (χ1) is 13.7. The molecule has 0 amide bonds. The molecule has 0 aliphatic carbocycles.